The Morgan fingerprint density at radius 2 is 1.83 bits per heavy atom. The van der Waals surface area contributed by atoms with Gasteiger partial charge in [-0.15, -0.1) is 0 Å². The lowest BCUT2D eigenvalue weighted by atomic mass is 10.2. The average Bonchev–Trinajstić information content (AvgIpc) is 2.39. The Labute approximate surface area is 115 Å². The molecule has 0 radical (unpaired) electrons. The van der Waals surface area contributed by atoms with E-state index in [1.54, 1.807) is 19.3 Å². The second kappa shape index (κ2) is 5.72. The van der Waals surface area contributed by atoms with Crippen LogP contribution in [0.3, 0.4) is 0 Å². The van der Waals surface area contributed by atoms with Crippen molar-refractivity contribution in [2.24, 2.45) is 0 Å². The van der Waals surface area contributed by atoms with Gasteiger partial charge in [0, 0.05) is 18.8 Å². The topological polar surface area (TPSA) is 37.8 Å². The molecule has 0 unspecified atom stereocenters. The number of hydrogen-bond donors (Lipinski definition) is 1. The van der Waals surface area contributed by atoms with Crippen molar-refractivity contribution in [3.63, 3.8) is 0 Å². The molecule has 0 aliphatic rings. The van der Waals surface area contributed by atoms with Crippen LogP contribution in [0, 0.1) is 11.8 Å². The first kappa shape index (κ1) is 12.7. The Bertz CT molecular complexity index is 630. The smallest absolute Gasteiger partial charge is 0.224 e. The normalized spacial score (nSPS) is 9.50. The summed E-state index contributed by atoms with van der Waals surface area (Å²) in [6, 6.07) is 7.39. The average molecular weight is 278 g/mol. The molecule has 1 heterocycles. The SMILES string of the molecule is CNc1nc(Cl)ncc1C#Cc1ccccc1Cl. The first-order valence-corrected chi connectivity index (χ1v) is 5.93. The van der Waals surface area contributed by atoms with Crippen LogP contribution < -0.4 is 5.32 Å². The molecule has 18 heavy (non-hydrogen) atoms. The van der Waals surface area contributed by atoms with Crippen molar-refractivity contribution in [1.29, 1.82) is 0 Å². The Hall–Kier alpha value is -1.76. The van der Waals surface area contributed by atoms with Crippen LogP contribution in [-0.2, 0) is 0 Å². The number of rotatable bonds is 1. The molecule has 0 aliphatic heterocycles. The predicted octanol–water partition coefficient (Wildman–Crippen LogP) is 3.22. The number of benzene rings is 1. The summed E-state index contributed by atoms with van der Waals surface area (Å²) in [5.41, 5.74) is 1.43. The molecule has 3 nitrogen and oxygen atoms in total. The molecule has 0 atom stereocenters. The van der Waals surface area contributed by atoms with Crippen LogP contribution >= 0.6 is 23.2 Å². The summed E-state index contributed by atoms with van der Waals surface area (Å²) in [5, 5.41) is 3.72. The van der Waals surface area contributed by atoms with Crippen molar-refractivity contribution < 1.29 is 0 Å². The monoisotopic (exact) mass is 277 g/mol. The lowest BCUT2D eigenvalue weighted by molar-refractivity contribution is 1.15. The maximum atomic E-state index is 6.02. The van der Waals surface area contributed by atoms with E-state index >= 15 is 0 Å². The van der Waals surface area contributed by atoms with Crippen LogP contribution in [0.2, 0.25) is 10.3 Å². The predicted molar refractivity (Wildman–Crippen MR) is 74.0 cm³/mol. The Morgan fingerprint density at radius 3 is 2.56 bits per heavy atom. The molecular formula is C13H9Cl2N3. The molecule has 2 aromatic rings. The minimum Gasteiger partial charge on any atom is -0.372 e. The van der Waals surface area contributed by atoms with Gasteiger partial charge < -0.3 is 5.32 Å². The van der Waals surface area contributed by atoms with E-state index in [2.05, 4.69) is 27.1 Å². The summed E-state index contributed by atoms with van der Waals surface area (Å²) >= 11 is 11.7. The molecule has 1 aromatic heterocycles. The molecule has 0 aliphatic carbocycles. The molecule has 5 heteroatoms. The van der Waals surface area contributed by atoms with E-state index < -0.39 is 0 Å². The number of hydrogen-bond acceptors (Lipinski definition) is 3. The number of halogens is 2. The van der Waals surface area contributed by atoms with Crippen molar-refractivity contribution >= 4 is 29.0 Å². The fourth-order valence-corrected chi connectivity index (χ4v) is 1.66. The highest BCUT2D eigenvalue weighted by Crippen LogP contribution is 2.15. The summed E-state index contributed by atoms with van der Waals surface area (Å²) in [6.07, 6.45) is 1.57. The molecule has 0 saturated carbocycles. The highest BCUT2D eigenvalue weighted by Gasteiger charge is 2.02. The quantitative estimate of drug-likeness (QED) is 0.643. The zero-order chi connectivity index (χ0) is 13.0. The number of anilines is 1. The zero-order valence-electron chi connectivity index (χ0n) is 9.54. The molecule has 0 saturated heterocycles. The molecule has 1 N–H and O–H groups in total. The van der Waals surface area contributed by atoms with Gasteiger partial charge in [-0.1, -0.05) is 35.6 Å². The second-order valence-corrected chi connectivity index (χ2v) is 4.13. The molecule has 0 fully saturated rings. The summed E-state index contributed by atoms with van der Waals surface area (Å²) in [7, 11) is 1.75. The fourth-order valence-electron chi connectivity index (χ4n) is 1.34. The Balaban J connectivity index is 2.39. The standard InChI is InChI=1S/C13H9Cl2N3/c1-16-12-10(8-17-13(15)18-12)7-6-9-4-2-3-5-11(9)14/h2-5,8H,1H3,(H,16,17,18). The van der Waals surface area contributed by atoms with E-state index in [1.807, 2.05) is 18.2 Å². The molecule has 90 valence electrons. The molecule has 0 spiro atoms. The molecule has 0 bridgehead atoms. The molecule has 2 rings (SSSR count). The van der Waals surface area contributed by atoms with Crippen molar-refractivity contribution in [2.75, 3.05) is 12.4 Å². The van der Waals surface area contributed by atoms with Crippen LogP contribution in [0.25, 0.3) is 0 Å². The van der Waals surface area contributed by atoms with Gasteiger partial charge in [-0.3, -0.25) is 0 Å². The van der Waals surface area contributed by atoms with Crippen LogP contribution in [0.15, 0.2) is 30.5 Å². The second-order valence-electron chi connectivity index (χ2n) is 3.38. The van der Waals surface area contributed by atoms with Crippen molar-refractivity contribution in [3.05, 3.63) is 51.9 Å². The van der Waals surface area contributed by atoms with Gasteiger partial charge in [-0.2, -0.15) is 4.98 Å². The molecule has 1 aromatic carbocycles. The van der Waals surface area contributed by atoms with Crippen LogP contribution in [0.4, 0.5) is 5.82 Å². The Morgan fingerprint density at radius 1 is 1.11 bits per heavy atom. The van der Waals surface area contributed by atoms with E-state index in [-0.39, 0.29) is 5.28 Å². The van der Waals surface area contributed by atoms with E-state index in [0.717, 1.165) is 5.56 Å². The third kappa shape index (κ3) is 2.92. The van der Waals surface area contributed by atoms with Crippen LogP contribution in [0.5, 0.6) is 0 Å². The number of nitrogens with one attached hydrogen (secondary N) is 1. The van der Waals surface area contributed by atoms with E-state index in [9.17, 15) is 0 Å². The maximum absolute atomic E-state index is 6.02. The van der Waals surface area contributed by atoms with Gasteiger partial charge in [0.25, 0.3) is 0 Å². The lowest BCUT2D eigenvalue weighted by Gasteiger charge is -2.01. The molecule has 0 amide bonds. The number of aromatic nitrogens is 2. The van der Waals surface area contributed by atoms with Gasteiger partial charge in [-0.25, -0.2) is 4.98 Å². The van der Waals surface area contributed by atoms with Crippen molar-refractivity contribution in [1.82, 2.24) is 9.97 Å². The third-order valence-corrected chi connectivity index (χ3v) is 2.71. The minimum atomic E-state index is 0.183. The Kier molecular flexibility index (Phi) is 4.03. The van der Waals surface area contributed by atoms with Gasteiger partial charge in [0.1, 0.15) is 5.82 Å². The first-order chi connectivity index (χ1) is 8.70. The van der Waals surface area contributed by atoms with E-state index in [1.165, 1.54) is 0 Å². The summed E-state index contributed by atoms with van der Waals surface area (Å²) in [6.45, 7) is 0. The fraction of sp³-hybridized carbons (Fsp3) is 0.0769. The van der Waals surface area contributed by atoms with Gasteiger partial charge in [0.05, 0.1) is 10.6 Å². The third-order valence-electron chi connectivity index (χ3n) is 2.20. The highest BCUT2D eigenvalue weighted by molar-refractivity contribution is 6.31. The number of nitrogens with zero attached hydrogens (tertiary/aromatic N) is 2. The van der Waals surface area contributed by atoms with Crippen molar-refractivity contribution in [2.45, 2.75) is 0 Å². The van der Waals surface area contributed by atoms with Gasteiger partial charge in [0.2, 0.25) is 5.28 Å². The maximum Gasteiger partial charge on any atom is 0.224 e. The minimum absolute atomic E-state index is 0.183. The van der Waals surface area contributed by atoms with Crippen molar-refractivity contribution in [3.8, 4) is 11.8 Å². The zero-order valence-corrected chi connectivity index (χ0v) is 11.0. The summed E-state index contributed by atoms with van der Waals surface area (Å²) < 4.78 is 0. The highest BCUT2D eigenvalue weighted by atomic mass is 35.5. The van der Waals surface area contributed by atoms with E-state index in [0.29, 0.717) is 16.4 Å². The van der Waals surface area contributed by atoms with E-state index in [4.69, 9.17) is 23.2 Å². The lowest BCUT2D eigenvalue weighted by Crippen LogP contribution is -1.97. The van der Waals surface area contributed by atoms with Crippen LogP contribution in [-0.4, -0.2) is 17.0 Å². The largest absolute Gasteiger partial charge is 0.372 e. The summed E-state index contributed by atoms with van der Waals surface area (Å²) in [4.78, 5) is 7.94. The van der Waals surface area contributed by atoms with Crippen LogP contribution in [0.1, 0.15) is 11.1 Å². The van der Waals surface area contributed by atoms with Gasteiger partial charge >= 0.3 is 0 Å². The van der Waals surface area contributed by atoms with Gasteiger partial charge in [-0.05, 0) is 23.7 Å². The summed E-state index contributed by atoms with van der Waals surface area (Å²) in [5.74, 6) is 6.54. The first-order valence-electron chi connectivity index (χ1n) is 5.17. The van der Waals surface area contributed by atoms with Gasteiger partial charge in [0.15, 0.2) is 0 Å². The molecular weight excluding hydrogens is 269 g/mol.